The van der Waals surface area contributed by atoms with Crippen molar-refractivity contribution in [1.29, 1.82) is 0 Å². The lowest BCUT2D eigenvalue weighted by molar-refractivity contribution is 0.102. The van der Waals surface area contributed by atoms with Gasteiger partial charge in [0.1, 0.15) is 0 Å². The summed E-state index contributed by atoms with van der Waals surface area (Å²) in [6, 6.07) is 16.4. The highest BCUT2D eigenvalue weighted by Crippen LogP contribution is 2.20. The summed E-state index contributed by atoms with van der Waals surface area (Å²) in [5.74, 6) is -2.65. The van der Waals surface area contributed by atoms with Gasteiger partial charge in [0, 0.05) is 11.8 Å². The summed E-state index contributed by atoms with van der Waals surface area (Å²) in [4.78, 5) is 16.4. The molecule has 128 valence electrons. The Bertz CT molecular complexity index is 1110. The molecule has 4 aromatic rings. The van der Waals surface area contributed by atoms with E-state index in [0.717, 1.165) is 23.3 Å². The van der Waals surface area contributed by atoms with Crippen LogP contribution < -0.4 is 5.32 Å². The minimum atomic E-state index is -1.09. The number of halogens is 2. The van der Waals surface area contributed by atoms with Crippen molar-refractivity contribution in [3.05, 3.63) is 84.1 Å². The van der Waals surface area contributed by atoms with Crippen LogP contribution in [0.2, 0.25) is 0 Å². The number of hydrogen-bond donors (Lipinski definition) is 1. The van der Waals surface area contributed by atoms with Crippen LogP contribution in [-0.2, 0) is 0 Å². The van der Waals surface area contributed by atoms with Crippen LogP contribution in [0.3, 0.4) is 0 Å². The number of nitrogens with zero attached hydrogens (tertiary/aromatic N) is 3. The minimum Gasteiger partial charge on any atom is -0.289 e. The number of pyridine rings is 1. The Hall–Kier alpha value is -3.61. The van der Waals surface area contributed by atoms with Crippen molar-refractivity contribution < 1.29 is 13.6 Å². The minimum absolute atomic E-state index is 0.0206. The predicted octanol–water partition coefficient (Wildman–Crippen LogP) is 3.93. The van der Waals surface area contributed by atoms with Gasteiger partial charge in [-0.15, -0.1) is 5.10 Å². The number of aromatic nitrogens is 3. The van der Waals surface area contributed by atoms with Gasteiger partial charge in [-0.1, -0.05) is 30.3 Å². The van der Waals surface area contributed by atoms with E-state index in [1.165, 1.54) is 10.6 Å². The first-order chi connectivity index (χ1) is 12.6. The molecule has 0 fully saturated rings. The molecule has 0 aliphatic carbocycles. The quantitative estimate of drug-likeness (QED) is 0.609. The van der Waals surface area contributed by atoms with E-state index in [1.54, 1.807) is 6.20 Å². The van der Waals surface area contributed by atoms with Crippen molar-refractivity contribution in [3.8, 4) is 11.1 Å². The maximum atomic E-state index is 13.3. The summed E-state index contributed by atoms with van der Waals surface area (Å²) in [5.41, 5.74) is 2.52. The van der Waals surface area contributed by atoms with E-state index in [-0.39, 0.29) is 11.5 Å². The second-order valence-electron chi connectivity index (χ2n) is 5.60. The molecule has 0 saturated carbocycles. The fraction of sp³-hybridized carbons (Fsp3) is 0. The molecule has 0 aliphatic heterocycles. The Kier molecular flexibility index (Phi) is 3.89. The lowest BCUT2D eigenvalue weighted by Gasteiger charge is -2.01. The van der Waals surface area contributed by atoms with Gasteiger partial charge in [0.2, 0.25) is 5.95 Å². The number of hydrogen-bond acceptors (Lipinski definition) is 3. The zero-order valence-electron chi connectivity index (χ0n) is 13.4. The van der Waals surface area contributed by atoms with Gasteiger partial charge < -0.3 is 0 Å². The van der Waals surface area contributed by atoms with E-state index in [1.807, 2.05) is 42.5 Å². The zero-order valence-corrected chi connectivity index (χ0v) is 13.4. The number of carbonyl (C=O) groups is 1. The van der Waals surface area contributed by atoms with Gasteiger partial charge in [-0.2, -0.15) is 4.98 Å². The van der Waals surface area contributed by atoms with E-state index in [0.29, 0.717) is 5.65 Å². The molecule has 0 radical (unpaired) electrons. The average molecular weight is 350 g/mol. The highest BCUT2D eigenvalue weighted by atomic mass is 19.2. The molecule has 2 heterocycles. The molecule has 1 N–H and O–H groups in total. The largest absolute Gasteiger partial charge is 0.289 e. The Morgan fingerprint density at radius 3 is 2.50 bits per heavy atom. The maximum absolute atomic E-state index is 13.3. The van der Waals surface area contributed by atoms with Crippen molar-refractivity contribution >= 4 is 17.5 Å². The lowest BCUT2D eigenvalue weighted by atomic mass is 10.1. The van der Waals surface area contributed by atoms with Gasteiger partial charge in [-0.25, -0.2) is 13.3 Å². The Morgan fingerprint density at radius 1 is 0.923 bits per heavy atom. The second kappa shape index (κ2) is 6.36. The van der Waals surface area contributed by atoms with Crippen LogP contribution in [0, 0.1) is 11.6 Å². The molecule has 7 heteroatoms. The van der Waals surface area contributed by atoms with Crippen LogP contribution in [-0.4, -0.2) is 20.5 Å². The third kappa shape index (κ3) is 3.02. The molecule has 0 bridgehead atoms. The number of carbonyl (C=O) groups excluding carboxylic acids is 1. The van der Waals surface area contributed by atoms with Crippen molar-refractivity contribution in [2.24, 2.45) is 0 Å². The van der Waals surface area contributed by atoms with Crippen LogP contribution in [0.5, 0.6) is 0 Å². The number of nitrogens with one attached hydrogen (secondary N) is 1. The summed E-state index contributed by atoms with van der Waals surface area (Å²) >= 11 is 0. The van der Waals surface area contributed by atoms with E-state index < -0.39 is 17.5 Å². The smallest absolute Gasteiger partial charge is 0.258 e. The maximum Gasteiger partial charge on any atom is 0.258 e. The summed E-state index contributed by atoms with van der Waals surface area (Å²) in [6.45, 7) is 0. The molecule has 0 spiro atoms. The van der Waals surface area contributed by atoms with Crippen molar-refractivity contribution in [2.75, 3.05) is 5.32 Å². The fourth-order valence-corrected chi connectivity index (χ4v) is 2.56. The first-order valence-corrected chi connectivity index (χ1v) is 7.78. The van der Waals surface area contributed by atoms with Gasteiger partial charge >= 0.3 is 0 Å². The first-order valence-electron chi connectivity index (χ1n) is 7.78. The lowest BCUT2D eigenvalue weighted by Crippen LogP contribution is -2.13. The number of rotatable bonds is 3. The third-order valence-corrected chi connectivity index (χ3v) is 3.85. The van der Waals surface area contributed by atoms with Gasteiger partial charge in [0.15, 0.2) is 17.3 Å². The number of amides is 1. The van der Waals surface area contributed by atoms with Crippen LogP contribution in [0.25, 0.3) is 16.8 Å². The molecule has 4 rings (SSSR count). The first kappa shape index (κ1) is 15.9. The van der Waals surface area contributed by atoms with Gasteiger partial charge in [0.25, 0.3) is 5.91 Å². The van der Waals surface area contributed by atoms with Crippen LogP contribution in [0.4, 0.5) is 14.7 Å². The summed E-state index contributed by atoms with van der Waals surface area (Å²) in [6.07, 6.45) is 1.73. The van der Waals surface area contributed by atoms with Crippen LogP contribution in [0.1, 0.15) is 10.4 Å². The highest BCUT2D eigenvalue weighted by molar-refractivity contribution is 6.03. The molecule has 0 saturated heterocycles. The molecule has 2 aromatic heterocycles. The molecule has 26 heavy (non-hydrogen) atoms. The van der Waals surface area contributed by atoms with Crippen LogP contribution >= 0.6 is 0 Å². The molecule has 2 aromatic carbocycles. The normalized spacial score (nSPS) is 10.8. The molecule has 5 nitrogen and oxygen atoms in total. The van der Waals surface area contributed by atoms with E-state index >= 15 is 0 Å². The Labute approximate surface area is 146 Å². The van der Waals surface area contributed by atoms with Crippen LogP contribution in [0.15, 0.2) is 66.9 Å². The molecule has 0 unspecified atom stereocenters. The van der Waals surface area contributed by atoms with E-state index in [9.17, 15) is 13.6 Å². The van der Waals surface area contributed by atoms with Gasteiger partial charge in [0.05, 0.1) is 0 Å². The molecular weight excluding hydrogens is 338 g/mol. The molecule has 1 amide bonds. The van der Waals surface area contributed by atoms with Crippen molar-refractivity contribution in [3.63, 3.8) is 0 Å². The number of benzene rings is 2. The molecular formula is C19H12F2N4O. The summed E-state index contributed by atoms with van der Waals surface area (Å²) in [5, 5.41) is 6.64. The summed E-state index contributed by atoms with van der Waals surface area (Å²) < 4.78 is 27.8. The van der Waals surface area contributed by atoms with Gasteiger partial charge in [-0.05, 0) is 41.5 Å². The SMILES string of the molecule is O=C(Nc1nc2cc(-c3ccccc3)ccn2n1)c1ccc(F)c(F)c1. The predicted molar refractivity (Wildman–Crippen MR) is 92.7 cm³/mol. The third-order valence-electron chi connectivity index (χ3n) is 3.85. The van der Waals surface area contributed by atoms with E-state index in [4.69, 9.17) is 0 Å². The highest BCUT2D eigenvalue weighted by Gasteiger charge is 2.13. The fourth-order valence-electron chi connectivity index (χ4n) is 2.56. The number of fused-ring (bicyclic) bond motifs is 1. The zero-order chi connectivity index (χ0) is 18.1. The molecule has 0 atom stereocenters. The monoisotopic (exact) mass is 350 g/mol. The van der Waals surface area contributed by atoms with Crippen molar-refractivity contribution in [1.82, 2.24) is 14.6 Å². The van der Waals surface area contributed by atoms with E-state index in [2.05, 4.69) is 15.4 Å². The Balaban J connectivity index is 1.61. The number of anilines is 1. The van der Waals surface area contributed by atoms with Gasteiger partial charge in [-0.3, -0.25) is 10.1 Å². The van der Waals surface area contributed by atoms with Crippen molar-refractivity contribution in [2.45, 2.75) is 0 Å². The summed E-state index contributed by atoms with van der Waals surface area (Å²) in [7, 11) is 0. The second-order valence-corrected chi connectivity index (χ2v) is 5.60. The topological polar surface area (TPSA) is 59.3 Å². The average Bonchev–Trinajstić information content (AvgIpc) is 3.06. The standard InChI is InChI=1S/C19H12F2N4O/c20-15-7-6-14(10-16(15)21)18(26)23-19-22-17-11-13(8-9-25(17)24-19)12-4-2-1-3-5-12/h1-11H,(H,23,24,26). The Morgan fingerprint density at radius 2 is 1.73 bits per heavy atom. The molecule has 0 aliphatic rings.